The van der Waals surface area contributed by atoms with Crippen molar-refractivity contribution in [2.45, 2.75) is 37.5 Å². The fourth-order valence-electron chi connectivity index (χ4n) is 0.890. The van der Waals surface area contributed by atoms with E-state index < -0.39 is 0 Å². The fourth-order valence-corrected chi connectivity index (χ4v) is 2.12. The highest BCUT2D eigenvalue weighted by molar-refractivity contribution is 8.00. The van der Waals surface area contributed by atoms with Crippen molar-refractivity contribution in [3.05, 3.63) is 11.0 Å². The van der Waals surface area contributed by atoms with Crippen LogP contribution in [0.3, 0.4) is 0 Å². The molecule has 0 atom stereocenters. The summed E-state index contributed by atoms with van der Waals surface area (Å²) in [5.74, 6) is 0. The van der Waals surface area contributed by atoms with Crippen molar-refractivity contribution in [3.8, 4) is 0 Å². The van der Waals surface area contributed by atoms with Crippen LogP contribution in [-0.4, -0.2) is 14.7 Å². The van der Waals surface area contributed by atoms with Crippen molar-refractivity contribution < 1.29 is 0 Å². The molecule has 14 heavy (non-hydrogen) atoms. The van der Waals surface area contributed by atoms with Gasteiger partial charge in [-0.3, -0.25) is 0 Å². The van der Waals surface area contributed by atoms with Crippen LogP contribution in [0.4, 0.5) is 5.69 Å². The van der Waals surface area contributed by atoms with Crippen LogP contribution in [0.2, 0.25) is 5.28 Å². The van der Waals surface area contributed by atoms with Gasteiger partial charge in [0, 0.05) is 4.75 Å². The van der Waals surface area contributed by atoms with Gasteiger partial charge in [-0.1, -0.05) is 32.5 Å². The van der Waals surface area contributed by atoms with Gasteiger partial charge in [-0.25, -0.2) is 9.97 Å². The van der Waals surface area contributed by atoms with Gasteiger partial charge in [-0.2, -0.15) is 0 Å². The zero-order chi connectivity index (χ0) is 10.9. The molecule has 0 aromatic carbocycles. The van der Waals surface area contributed by atoms with Crippen LogP contribution < -0.4 is 5.73 Å². The summed E-state index contributed by atoms with van der Waals surface area (Å²) in [6, 6.07) is 0. The number of nitrogens with two attached hydrogens (primary N) is 1. The van der Waals surface area contributed by atoms with Crippen LogP contribution in [-0.2, 0) is 0 Å². The van der Waals surface area contributed by atoms with E-state index in [1.54, 1.807) is 11.8 Å². The molecule has 0 spiro atoms. The first-order chi connectivity index (χ1) is 6.29. The van der Waals surface area contributed by atoms with E-state index in [2.05, 4.69) is 30.7 Å². The van der Waals surface area contributed by atoms with E-state index in [1.165, 1.54) is 0 Å². The first kappa shape index (κ1) is 11.6. The molecular formula is C9H14ClN3S. The molecular weight excluding hydrogens is 218 g/mol. The number of anilines is 1. The highest BCUT2D eigenvalue weighted by Crippen LogP contribution is 2.35. The van der Waals surface area contributed by atoms with Crippen molar-refractivity contribution in [1.82, 2.24) is 9.97 Å². The molecule has 1 aromatic heterocycles. The molecule has 0 saturated heterocycles. The number of hydrogen-bond acceptors (Lipinski definition) is 4. The summed E-state index contributed by atoms with van der Waals surface area (Å²) >= 11 is 7.35. The minimum absolute atomic E-state index is 0.0677. The second kappa shape index (κ2) is 3.95. The van der Waals surface area contributed by atoms with Crippen LogP contribution in [0.5, 0.6) is 0 Å². The normalized spacial score (nSPS) is 11.8. The van der Waals surface area contributed by atoms with Crippen LogP contribution in [0.25, 0.3) is 0 Å². The first-order valence-corrected chi connectivity index (χ1v) is 5.47. The van der Waals surface area contributed by atoms with E-state index in [0.29, 0.717) is 5.69 Å². The second-order valence-corrected chi connectivity index (χ2v) is 6.16. The molecule has 0 radical (unpaired) electrons. The van der Waals surface area contributed by atoms with E-state index in [9.17, 15) is 0 Å². The smallest absolute Gasteiger partial charge is 0.223 e. The minimum Gasteiger partial charge on any atom is -0.395 e. The molecule has 1 aromatic rings. The molecule has 0 aliphatic rings. The Morgan fingerprint density at radius 1 is 1.29 bits per heavy atom. The van der Waals surface area contributed by atoms with Crippen molar-refractivity contribution >= 4 is 29.1 Å². The highest BCUT2D eigenvalue weighted by atomic mass is 35.5. The maximum absolute atomic E-state index is 5.85. The maximum Gasteiger partial charge on any atom is 0.223 e. The van der Waals surface area contributed by atoms with Gasteiger partial charge in [-0.05, 0) is 18.5 Å². The number of aryl methyl sites for hydroxylation is 1. The zero-order valence-corrected chi connectivity index (χ0v) is 10.3. The van der Waals surface area contributed by atoms with Gasteiger partial charge >= 0.3 is 0 Å². The Balaban J connectivity index is 3.09. The van der Waals surface area contributed by atoms with Gasteiger partial charge < -0.3 is 5.73 Å². The maximum atomic E-state index is 5.85. The predicted molar refractivity (Wildman–Crippen MR) is 61.8 cm³/mol. The Morgan fingerprint density at radius 2 is 1.86 bits per heavy atom. The molecule has 1 heterocycles. The van der Waals surface area contributed by atoms with Gasteiger partial charge in [0.15, 0.2) is 0 Å². The van der Waals surface area contributed by atoms with E-state index in [4.69, 9.17) is 17.3 Å². The molecule has 3 nitrogen and oxygen atoms in total. The standard InChI is InChI=1S/C9H14ClN3S/c1-5-6(11)7(13-8(10)12-5)14-9(2,3)4/h11H2,1-4H3. The third kappa shape index (κ3) is 3.03. The molecule has 0 fully saturated rings. The lowest BCUT2D eigenvalue weighted by atomic mass is 10.3. The topological polar surface area (TPSA) is 51.8 Å². The van der Waals surface area contributed by atoms with E-state index in [-0.39, 0.29) is 10.0 Å². The molecule has 0 saturated carbocycles. The van der Waals surface area contributed by atoms with Gasteiger partial charge in [0.2, 0.25) is 5.28 Å². The van der Waals surface area contributed by atoms with Crippen molar-refractivity contribution in [3.63, 3.8) is 0 Å². The third-order valence-corrected chi connectivity index (χ3v) is 2.76. The van der Waals surface area contributed by atoms with Crippen molar-refractivity contribution in [2.24, 2.45) is 0 Å². The minimum atomic E-state index is 0.0677. The molecule has 0 amide bonds. The summed E-state index contributed by atoms with van der Waals surface area (Å²) < 4.78 is 0.0677. The summed E-state index contributed by atoms with van der Waals surface area (Å²) in [7, 11) is 0. The van der Waals surface area contributed by atoms with Gasteiger partial charge in [0.25, 0.3) is 0 Å². The Hall–Kier alpha value is -0.480. The SMILES string of the molecule is Cc1nc(Cl)nc(SC(C)(C)C)c1N. The Kier molecular flexibility index (Phi) is 3.27. The lowest BCUT2D eigenvalue weighted by molar-refractivity contribution is 0.798. The number of nitrogen functional groups attached to an aromatic ring is 1. The molecule has 0 aliphatic heterocycles. The number of hydrogen-bond donors (Lipinski definition) is 1. The molecule has 5 heteroatoms. The van der Waals surface area contributed by atoms with E-state index >= 15 is 0 Å². The van der Waals surface area contributed by atoms with E-state index in [1.807, 2.05) is 6.92 Å². The predicted octanol–water partition coefficient (Wildman–Crippen LogP) is 2.91. The number of nitrogens with zero attached hydrogens (tertiary/aromatic N) is 2. The molecule has 0 aliphatic carbocycles. The van der Waals surface area contributed by atoms with Gasteiger partial charge in [-0.15, -0.1) is 0 Å². The van der Waals surface area contributed by atoms with Crippen molar-refractivity contribution in [1.29, 1.82) is 0 Å². The van der Waals surface area contributed by atoms with E-state index in [0.717, 1.165) is 10.7 Å². The number of aromatic nitrogens is 2. The number of rotatable bonds is 1. The Labute approximate surface area is 93.5 Å². The summed E-state index contributed by atoms with van der Waals surface area (Å²) in [5, 5.41) is 1.01. The second-order valence-electron chi connectivity index (χ2n) is 4.01. The number of thioether (sulfide) groups is 1. The monoisotopic (exact) mass is 231 g/mol. The average molecular weight is 232 g/mol. The van der Waals surface area contributed by atoms with Crippen LogP contribution in [0.1, 0.15) is 26.5 Å². The molecule has 0 bridgehead atoms. The Morgan fingerprint density at radius 3 is 2.36 bits per heavy atom. The lowest BCUT2D eigenvalue weighted by Crippen LogP contribution is -2.10. The zero-order valence-electron chi connectivity index (χ0n) is 8.76. The summed E-state index contributed by atoms with van der Waals surface area (Å²) in [6.45, 7) is 8.13. The summed E-state index contributed by atoms with van der Waals surface area (Å²) in [6.07, 6.45) is 0. The van der Waals surface area contributed by atoms with Crippen molar-refractivity contribution in [2.75, 3.05) is 5.73 Å². The number of halogens is 1. The molecule has 0 unspecified atom stereocenters. The largest absolute Gasteiger partial charge is 0.395 e. The average Bonchev–Trinajstić information content (AvgIpc) is 1.96. The van der Waals surface area contributed by atoms with Gasteiger partial charge in [0.1, 0.15) is 5.03 Å². The Bertz CT molecular complexity index is 347. The summed E-state index contributed by atoms with van der Waals surface area (Å²) in [4.78, 5) is 8.09. The first-order valence-electron chi connectivity index (χ1n) is 4.28. The summed E-state index contributed by atoms with van der Waals surface area (Å²) in [5.41, 5.74) is 7.21. The van der Waals surface area contributed by atoms with Crippen LogP contribution in [0, 0.1) is 6.92 Å². The van der Waals surface area contributed by atoms with Crippen LogP contribution >= 0.6 is 23.4 Å². The molecule has 1 rings (SSSR count). The highest BCUT2D eigenvalue weighted by Gasteiger charge is 2.17. The fraction of sp³-hybridized carbons (Fsp3) is 0.556. The lowest BCUT2D eigenvalue weighted by Gasteiger charge is -2.18. The van der Waals surface area contributed by atoms with Crippen LogP contribution in [0.15, 0.2) is 5.03 Å². The van der Waals surface area contributed by atoms with Gasteiger partial charge in [0.05, 0.1) is 11.4 Å². The third-order valence-electron chi connectivity index (χ3n) is 1.48. The molecule has 78 valence electrons. The quantitative estimate of drug-likeness (QED) is 0.459. The molecule has 2 N–H and O–H groups in total.